The molecule has 0 fully saturated rings. The zero-order chi connectivity index (χ0) is 8.10. The van der Waals surface area contributed by atoms with E-state index in [2.05, 4.69) is 29.1 Å². The van der Waals surface area contributed by atoms with Gasteiger partial charge >= 0.3 is 0 Å². The molecule has 1 heterocycles. The molecule has 0 bridgehead atoms. The predicted octanol–water partition coefficient (Wildman–Crippen LogP) is 0.577. The van der Waals surface area contributed by atoms with Crippen LogP contribution < -0.4 is 0 Å². The first kappa shape index (κ1) is 8.20. The molecule has 0 N–H and O–H groups in total. The summed E-state index contributed by atoms with van der Waals surface area (Å²) in [7, 11) is 0. The molecule has 1 aromatic rings. The Morgan fingerprint density at radius 2 is 2.09 bits per heavy atom. The molecule has 0 saturated heterocycles. The summed E-state index contributed by atoms with van der Waals surface area (Å²) in [5, 5.41) is 7.61. The molecular formula is C7H14N4. The van der Waals surface area contributed by atoms with Crippen LogP contribution in [-0.2, 0) is 6.67 Å². The van der Waals surface area contributed by atoms with Crippen LogP contribution in [0.4, 0.5) is 0 Å². The van der Waals surface area contributed by atoms with Gasteiger partial charge in [-0.1, -0.05) is 19.1 Å². The predicted molar refractivity (Wildman–Crippen MR) is 42.9 cm³/mol. The monoisotopic (exact) mass is 154 g/mol. The van der Waals surface area contributed by atoms with E-state index in [0.717, 1.165) is 19.8 Å². The minimum absolute atomic E-state index is 0.840. The number of hydrogen-bond acceptors (Lipinski definition) is 3. The van der Waals surface area contributed by atoms with E-state index < -0.39 is 0 Å². The molecule has 0 spiro atoms. The van der Waals surface area contributed by atoms with Crippen LogP contribution in [0.2, 0.25) is 0 Å². The molecule has 0 unspecified atom stereocenters. The number of hydrogen-bond donors (Lipinski definition) is 0. The van der Waals surface area contributed by atoms with E-state index in [4.69, 9.17) is 0 Å². The van der Waals surface area contributed by atoms with Gasteiger partial charge in [0.2, 0.25) is 0 Å². The van der Waals surface area contributed by atoms with Gasteiger partial charge in [0.1, 0.15) is 0 Å². The summed E-state index contributed by atoms with van der Waals surface area (Å²) >= 11 is 0. The number of rotatable bonds is 4. The Morgan fingerprint density at radius 3 is 2.55 bits per heavy atom. The quantitative estimate of drug-likeness (QED) is 0.636. The van der Waals surface area contributed by atoms with Crippen molar-refractivity contribution in [3.63, 3.8) is 0 Å². The van der Waals surface area contributed by atoms with Crippen molar-refractivity contribution in [3.05, 3.63) is 12.4 Å². The third-order valence-electron chi connectivity index (χ3n) is 1.71. The van der Waals surface area contributed by atoms with Crippen LogP contribution in [0.25, 0.3) is 0 Å². The SMILES string of the molecule is CCN(CC)Cn1ccnn1. The van der Waals surface area contributed by atoms with Crippen molar-refractivity contribution in [1.29, 1.82) is 0 Å². The van der Waals surface area contributed by atoms with Crippen molar-refractivity contribution in [2.75, 3.05) is 13.1 Å². The minimum Gasteiger partial charge on any atom is -0.285 e. The Labute approximate surface area is 66.8 Å². The fourth-order valence-electron chi connectivity index (χ4n) is 0.937. The molecule has 0 aliphatic rings. The second-order valence-corrected chi connectivity index (χ2v) is 2.39. The van der Waals surface area contributed by atoms with Gasteiger partial charge in [-0.3, -0.25) is 4.90 Å². The highest BCUT2D eigenvalue weighted by Gasteiger charge is 1.98. The van der Waals surface area contributed by atoms with E-state index in [-0.39, 0.29) is 0 Å². The van der Waals surface area contributed by atoms with Gasteiger partial charge in [0, 0.05) is 6.20 Å². The second-order valence-electron chi connectivity index (χ2n) is 2.39. The molecule has 4 heteroatoms. The van der Waals surface area contributed by atoms with Crippen molar-refractivity contribution >= 4 is 0 Å². The van der Waals surface area contributed by atoms with Gasteiger partial charge < -0.3 is 0 Å². The number of nitrogens with zero attached hydrogens (tertiary/aromatic N) is 4. The van der Waals surface area contributed by atoms with Crippen molar-refractivity contribution in [1.82, 2.24) is 19.9 Å². The molecule has 0 aliphatic carbocycles. The molecule has 0 aromatic carbocycles. The van der Waals surface area contributed by atoms with E-state index in [0.29, 0.717) is 0 Å². The summed E-state index contributed by atoms with van der Waals surface area (Å²) in [4.78, 5) is 2.27. The fraction of sp³-hybridized carbons (Fsp3) is 0.714. The first-order valence-corrected chi connectivity index (χ1v) is 3.93. The number of aromatic nitrogens is 3. The highest BCUT2D eigenvalue weighted by molar-refractivity contribution is 4.63. The van der Waals surface area contributed by atoms with Crippen molar-refractivity contribution in [3.8, 4) is 0 Å². The fourth-order valence-corrected chi connectivity index (χ4v) is 0.937. The first-order valence-electron chi connectivity index (χ1n) is 3.93. The lowest BCUT2D eigenvalue weighted by atomic mass is 10.5. The highest BCUT2D eigenvalue weighted by Crippen LogP contribution is 1.90. The van der Waals surface area contributed by atoms with Gasteiger partial charge in [0.25, 0.3) is 0 Å². The summed E-state index contributed by atoms with van der Waals surface area (Å²) in [6.45, 7) is 7.22. The maximum atomic E-state index is 3.88. The zero-order valence-corrected chi connectivity index (χ0v) is 7.06. The van der Waals surface area contributed by atoms with Gasteiger partial charge in [-0.05, 0) is 13.1 Å². The molecule has 11 heavy (non-hydrogen) atoms. The van der Waals surface area contributed by atoms with Crippen LogP contribution in [0.15, 0.2) is 12.4 Å². The third-order valence-corrected chi connectivity index (χ3v) is 1.71. The smallest absolute Gasteiger partial charge is 0.0946 e. The Balaban J connectivity index is 2.41. The normalized spacial score (nSPS) is 10.8. The zero-order valence-electron chi connectivity index (χ0n) is 7.06. The maximum Gasteiger partial charge on any atom is 0.0946 e. The lowest BCUT2D eigenvalue weighted by Crippen LogP contribution is -2.26. The van der Waals surface area contributed by atoms with Crippen LogP contribution >= 0.6 is 0 Å². The van der Waals surface area contributed by atoms with Crippen LogP contribution in [-0.4, -0.2) is 33.0 Å². The molecule has 0 atom stereocenters. The van der Waals surface area contributed by atoms with Gasteiger partial charge in [-0.25, -0.2) is 4.68 Å². The largest absolute Gasteiger partial charge is 0.285 e. The molecule has 4 nitrogen and oxygen atoms in total. The lowest BCUT2D eigenvalue weighted by Gasteiger charge is -2.16. The minimum atomic E-state index is 0.840. The van der Waals surface area contributed by atoms with Crippen molar-refractivity contribution < 1.29 is 0 Å². The van der Waals surface area contributed by atoms with Crippen LogP contribution in [0.1, 0.15) is 13.8 Å². The molecule has 1 rings (SSSR count). The van der Waals surface area contributed by atoms with E-state index in [1.54, 1.807) is 6.20 Å². The maximum absolute atomic E-state index is 3.88. The van der Waals surface area contributed by atoms with Gasteiger partial charge in [0.15, 0.2) is 0 Å². The summed E-state index contributed by atoms with van der Waals surface area (Å²) in [6, 6.07) is 0. The highest BCUT2D eigenvalue weighted by atomic mass is 15.5. The van der Waals surface area contributed by atoms with Gasteiger partial charge in [0.05, 0.1) is 12.9 Å². The summed E-state index contributed by atoms with van der Waals surface area (Å²) in [6.07, 6.45) is 3.57. The van der Waals surface area contributed by atoms with Crippen LogP contribution in [0, 0.1) is 0 Å². The van der Waals surface area contributed by atoms with E-state index in [1.807, 2.05) is 10.9 Å². The van der Waals surface area contributed by atoms with E-state index in [1.165, 1.54) is 0 Å². The Morgan fingerprint density at radius 1 is 1.36 bits per heavy atom. The molecule has 0 radical (unpaired) electrons. The van der Waals surface area contributed by atoms with Gasteiger partial charge in [-0.15, -0.1) is 5.10 Å². The van der Waals surface area contributed by atoms with Crippen LogP contribution in [0.3, 0.4) is 0 Å². The average Bonchev–Trinajstić information content (AvgIpc) is 2.52. The summed E-state index contributed by atoms with van der Waals surface area (Å²) in [5.74, 6) is 0. The van der Waals surface area contributed by atoms with Crippen LogP contribution in [0.5, 0.6) is 0 Å². The topological polar surface area (TPSA) is 34.0 Å². The molecular weight excluding hydrogens is 140 g/mol. The molecule has 1 aromatic heterocycles. The molecule has 0 amide bonds. The van der Waals surface area contributed by atoms with E-state index in [9.17, 15) is 0 Å². The van der Waals surface area contributed by atoms with Crippen molar-refractivity contribution in [2.24, 2.45) is 0 Å². The Bertz CT molecular complexity index is 178. The van der Waals surface area contributed by atoms with E-state index >= 15 is 0 Å². The van der Waals surface area contributed by atoms with Crippen molar-refractivity contribution in [2.45, 2.75) is 20.5 Å². The third kappa shape index (κ3) is 2.31. The molecule has 0 saturated carbocycles. The molecule has 0 aliphatic heterocycles. The standard InChI is InChI=1S/C7H14N4/c1-3-10(4-2)7-11-6-5-8-9-11/h5-6H,3-4,7H2,1-2H3. The average molecular weight is 154 g/mol. The second kappa shape index (κ2) is 4.08. The summed E-state index contributed by atoms with van der Waals surface area (Å²) in [5.41, 5.74) is 0. The first-order chi connectivity index (χ1) is 5.36. The Hall–Kier alpha value is -0.900. The summed E-state index contributed by atoms with van der Waals surface area (Å²) < 4.78 is 1.83. The molecule has 62 valence electrons. The Kier molecular flexibility index (Phi) is 3.04. The van der Waals surface area contributed by atoms with Gasteiger partial charge in [-0.2, -0.15) is 0 Å². The lowest BCUT2D eigenvalue weighted by molar-refractivity contribution is 0.227.